The highest BCUT2D eigenvalue weighted by molar-refractivity contribution is 5.81. The van der Waals surface area contributed by atoms with E-state index in [-0.39, 0.29) is 0 Å². The maximum Gasteiger partial charge on any atom is 0.330 e. The van der Waals surface area contributed by atoms with Crippen LogP contribution in [0.5, 0.6) is 0 Å². The molecule has 0 aliphatic heterocycles. The van der Waals surface area contributed by atoms with E-state index in [9.17, 15) is 14.9 Å². The fourth-order valence-corrected chi connectivity index (χ4v) is 0.515. The lowest BCUT2D eigenvalue weighted by molar-refractivity contribution is -0.571. The molecular weight excluding hydrogens is 174 g/mol. The molecule has 0 heterocycles. The van der Waals surface area contributed by atoms with E-state index in [1.54, 1.807) is 0 Å². The zero-order valence-electron chi connectivity index (χ0n) is 7.94. The molecular formula is C8H13NO4. The van der Waals surface area contributed by atoms with E-state index < -0.39 is 22.5 Å². The van der Waals surface area contributed by atoms with Gasteiger partial charge in [-0.3, -0.25) is 10.1 Å². The van der Waals surface area contributed by atoms with E-state index in [1.165, 1.54) is 20.8 Å². The third-order valence-corrected chi connectivity index (χ3v) is 1.93. The van der Waals surface area contributed by atoms with E-state index in [0.29, 0.717) is 0 Å². The molecule has 0 aliphatic carbocycles. The first-order valence-corrected chi connectivity index (χ1v) is 3.80. The van der Waals surface area contributed by atoms with Crippen molar-refractivity contribution < 1.29 is 14.5 Å². The summed E-state index contributed by atoms with van der Waals surface area (Å²) in [5.74, 6) is -0.651. The zero-order chi connectivity index (χ0) is 10.6. The Bertz CT molecular complexity index is 234. The highest BCUT2D eigenvalue weighted by atomic mass is 16.6. The minimum Gasteiger partial charge on any atom is -0.452 e. The SMILES string of the molecule is C=CC(=O)OC(C)C(C)(C)[N+](=O)[O-]. The van der Waals surface area contributed by atoms with Crippen molar-refractivity contribution in [2.75, 3.05) is 0 Å². The molecule has 0 N–H and O–H groups in total. The van der Waals surface area contributed by atoms with Crippen LogP contribution in [0.3, 0.4) is 0 Å². The molecule has 0 amide bonds. The molecule has 0 spiro atoms. The Labute approximate surface area is 76.5 Å². The standard InChI is InChI=1S/C8H13NO4/c1-5-7(10)13-6(2)8(3,4)9(11)12/h5-6H,1H2,2-4H3. The second kappa shape index (κ2) is 4.02. The van der Waals surface area contributed by atoms with Crippen LogP contribution in [-0.4, -0.2) is 22.5 Å². The number of nitrogens with zero attached hydrogens (tertiary/aromatic N) is 1. The topological polar surface area (TPSA) is 69.4 Å². The van der Waals surface area contributed by atoms with E-state index in [4.69, 9.17) is 4.74 Å². The molecule has 74 valence electrons. The van der Waals surface area contributed by atoms with Gasteiger partial charge in [-0.05, 0) is 6.92 Å². The van der Waals surface area contributed by atoms with Crippen molar-refractivity contribution in [1.82, 2.24) is 0 Å². The average Bonchev–Trinajstić information content (AvgIpc) is 2.03. The summed E-state index contributed by atoms with van der Waals surface area (Å²) < 4.78 is 4.73. The monoisotopic (exact) mass is 187 g/mol. The summed E-state index contributed by atoms with van der Waals surface area (Å²) in [7, 11) is 0. The fraction of sp³-hybridized carbons (Fsp3) is 0.625. The lowest BCUT2D eigenvalue weighted by Crippen LogP contribution is -2.44. The van der Waals surface area contributed by atoms with Crippen LogP contribution in [0.25, 0.3) is 0 Å². The minimum atomic E-state index is -1.28. The summed E-state index contributed by atoms with van der Waals surface area (Å²) in [6.45, 7) is 7.47. The fourth-order valence-electron chi connectivity index (χ4n) is 0.515. The maximum absolute atomic E-state index is 10.7. The number of nitro groups is 1. The van der Waals surface area contributed by atoms with Crippen molar-refractivity contribution in [3.63, 3.8) is 0 Å². The Morgan fingerprint density at radius 2 is 2.15 bits per heavy atom. The average molecular weight is 187 g/mol. The van der Waals surface area contributed by atoms with Crippen molar-refractivity contribution >= 4 is 5.97 Å². The van der Waals surface area contributed by atoms with Gasteiger partial charge in [0, 0.05) is 24.8 Å². The van der Waals surface area contributed by atoms with Crippen LogP contribution < -0.4 is 0 Å². The maximum atomic E-state index is 10.7. The van der Waals surface area contributed by atoms with Gasteiger partial charge in [0.1, 0.15) is 0 Å². The molecule has 13 heavy (non-hydrogen) atoms. The molecule has 1 atom stereocenters. The predicted octanol–water partition coefficient (Wildman–Crippen LogP) is 1.16. The minimum absolute atomic E-state index is 0.478. The molecule has 0 bridgehead atoms. The van der Waals surface area contributed by atoms with Crippen LogP contribution >= 0.6 is 0 Å². The predicted molar refractivity (Wildman–Crippen MR) is 46.8 cm³/mol. The van der Waals surface area contributed by atoms with Gasteiger partial charge in [-0.1, -0.05) is 6.58 Å². The highest BCUT2D eigenvalue weighted by Gasteiger charge is 2.40. The normalized spacial score (nSPS) is 13.2. The van der Waals surface area contributed by atoms with E-state index in [1.807, 2.05) is 0 Å². The van der Waals surface area contributed by atoms with Gasteiger partial charge in [-0.15, -0.1) is 0 Å². The number of hydrogen-bond acceptors (Lipinski definition) is 4. The molecule has 5 nitrogen and oxygen atoms in total. The van der Waals surface area contributed by atoms with Crippen LogP contribution in [0, 0.1) is 10.1 Å². The van der Waals surface area contributed by atoms with Gasteiger partial charge in [0.15, 0.2) is 6.10 Å². The summed E-state index contributed by atoms with van der Waals surface area (Å²) in [5, 5.41) is 10.5. The number of carbonyl (C=O) groups excluding carboxylic acids is 1. The van der Waals surface area contributed by atoms with Crippen molar-refractivity contribution in [2.24, 2.45) is 0 Å². The van der Waals surface area contributed by atoms with Gasteiger partial charge in [-0.25, -0.2) is 4.79 Å². The van der Waals surface area contributed by atoms with Crippen LogP contribution in [0.4, 0.5) is 0 Å². The molecule has 1 unspecified atom stereocenters. The van der Waals surface area contributed by atoms with E-state index in [2.05, 4.69) is 6.58 Å². The molecule has 0 radical (unpaired) electrons. The van der Waals surface area contributed by atoms with Gasteiger partial charge in [0.2, 0.25) is 0 Å². The van der Waals surface area contributed by atoms with Crippen LogP contribution in [0.2, 0.25) is 0 Å². The summed E-state index contributed by atoms with van der Waals surface area (Å²) in [5.41, 5.74) is -1.28. The summed E-state index contributed by atoms with van der Waals surface area (Å²) in [6.07, 6.45) is 0.194. The van der Waals surface area contributed by atoms with E-state index >= 15 is 0 Å². The Balaban J connectivity index is 4.41. The molecule has 0 aromatic heterocycles. The second-order valence-electron chi connectivity index (χ2n) is 3.19. The van der Waals surface area contributed by atoms with Crippen LogP contribution in [-0.2, 0) is 9.53 Å². The Kier molecular flexibility index (Phi) is 3.59. The van der Waals surface area contributed by atoms with E-state index in [0.717, 1.165) is 6.08 Å². The first-order chi connectivity index (χ1) is 5.82. The van der Waals surface area contributed by atoms with Crippen molar-refractivity contribution in [3.8, 4) is 0 Å². The van der Waals surface area contributed by atoms with Crippen molar-refractivity contribution in [2.45, 2.75) is 32.4 Å². The molecule has 0 saturated carbocycles. The lowest BCUT2D eigenvalue weighted by Gasteiger charge is -2.22. The molecule has 0 saturated heterocycles. The smallest absolute Gasteiger partial charge is 0.330 e. The number of esters is 1. The molecule has 0 aromatic rings. The molecule has 5 heteroatoms. The number of ether oxygens (including phenoxy) is 1. The number of carbonyl (C=O) groups is 1. The van der Waals surface area contributed by atoms with Crippen molar-refractivity contribution in [1.29, 1.82) is 0 Å². The van der Waals surface area contributed by atoms with Crippen LogP contribution in [0.1, 0.15) is 20.8 Å². The zero-order valence-corrected chi connectivity index (χ0v) is 7.94. The number of hydrogen-bond donors (Lipinski definition) is 0. The third-order valence-electron chi connectivity index (χ3n) is 1.93. The number of rotatable bonds is 4. The summed E-state index contributed by atoms with van der Waals surface area (Å²) >= 11 is 0. The first-order valence-electron chi connectivity index (χ1n) is 3.80. The molecule has 0 aliphatic rings. The first kappa shape index (κ1) is 11.6. The van der Waals surface area contributed by atoms with Crippen LogP contribution in [0.15, 0.2) is 12.7 Å². The quantitative estimate of drug-likeness (QED) is 0.286. The third kappa shape index (κ3) is 2.85. The highest BCUT2D eigenvalue weighted by Crippen LogP contribution is 2.16. The second-order valence-corrected chi connectivity index (χ2v) is 3.19. The van der Waals surface area contributed by atoms with Gasteiger partial charge in [0.25, 0.3) is 5.54 Å². The Hall–Kier alpha value is -1.39. The van der Waals surface area contributed by atoms with Gasteiger partial charge < -0.3 is 4.74 Å². The summed E-state index contributed by atoms with van der Waals surface area (Å²) in [6, 6.07) is 0. The van der Waals surface area contributed by atoms with Gasteiger partial charge >= 0.3 is 5.97 Å². The Morgan fingerprint density at radius 1 is 1.69 bits per heavy atom. The van der Waals surface area contributed by atoms with Gasteiger partial charge in [-0.2, -0.15) is 0 Å². The molecule has 0 fully saturated rings. The summed E-state index contributed by atoms with van der Waals surface area (Å²) in [4.78, 5) is 20.8. The molecule has 0 rings (SSSR count). The largest absolute Gasteiger partial charge is 0.452 e. The Morgan fingerprint density at radius 3 is 2.46 bits per heavy atom. The van der Waals surface area contributed by atoms with Crippen molar-refractivity contribution in [3.05, 3.63) is 22.8 Å². The lowest BCUT2D eigenvalue weighted by atomic mass is 10.00. The van der Waals surface area contributed by atoms with Gasteiger partial charge in [0.05, 0.1) is 0 Å². The molecule has 0 aromatic carbocycles.